The van der Waals surface area contributed by atoms with Gasteiger partial charge in [-0.15, -0.1) is 0 Å². The topological polar surface area (TPSA) is 72.6 Å². The van der Waals surface area contributed by atoms with Gasteiger partial charge in [0.05, 0.1) is 18.6 Å². The van der Waals surface area contributed by atoms with Gasteiger partial charge < -0.3 is 14.2 Å². The van der Waals surface area contributed by atoms with Gasteiger partial charge >= 0.3 is 0 Å². The maximum absolute atomic E-state index is 12.2. The summed E-state index contributed by atoms with van der Waals surface area (Å²) < 4.78 is 22.3. The quantitative estimate of drug-likeness (QED) is 0.772. The van der Waals surface area contributed by atoms with Crippen LogP contribution in [0.15, 0.2) is 34.9 Å². The van der Waals surface area contributed by atoms with Crippen molar-refractivity contribution in [3.05, 3.63) is 47.3 Å². The molecule has 2 rings (SSSR count). The third-order valence-electron chi connectivity index (χ3n) is 3.30. The van der Waals surface area contributed by atoms with Crippen LogP contribution in [0.3, 0.4) is 0 Å². The van der Waals surface area contributed by atoms with Crippen molar-refractivity contribution >= 4 is 16.7 Å². The first-order valence-corrected chi connectivity index (χ1v) is 8.61. The second-order valence-corrected chi connectivity index (χ2v) is 6.68. The zero-order chi connectivity index (χ0) is 16.8. The number of methoxy groups -OCH3 is 1. The summed E-state index contributed by atoms with van der Waals surface area (Å²) in [5.74, 6) is 1.38. The Hall–Kier alpha value is -2.15. The first kappa shape index (κ1) is 17.2. The fourth-order valence-electron chi connectivity index (χ4n) is 2.13. The highest BCUT2D eigenvalue weighted by atomic mass is 32.2. The van der Waals surface area contributed by atoms with Gasteiger partial charge in [0.25, 0.3) is 0 Å². The van der Waals surface area contributed by atoms with Gasteiger partial charge in [-0.25, -0.2) is 0 Å². The van der Waals surface area contributed by atoms with Crippen molar-refractivity contribution in [1.82, 2.24) is 10.1 Å². The molecule has 0 aliphatic heterocycles. The summed E-state index contributed by atoms with van der Waals surface area (Å²) in [7, 11) is 1.96. The molecular weight excluding hydrogens is 316 g/mol. The zero-order valence-corrected chi connectivity index (χ0v) is 14.3. The molecule has 7 heteroatoms. The van der Waals surface area contributed by atoms with Crippen LogP contribution in [0.4, 0.5) is 0 Å². The van der Waals surface area contributed by atoms with Crippen LogP contribution in [-0.2, 0) is 27.9 Å². The van der Waals surface area contributed by atoms with Crippen LogP contribution in [0.1, 0.15) is 17.0 Å². The molecule has 0 unspecified atom stereocenters. The second-order valence-electron chi connectivity index (χ2n) is 5.22. The van der Waals surface area contributed by atoms with Gasteiger partial charge in [-0.2, -0.15) is 0 Å². The van der Waals surface area contributed by atoms with E-state index >= 15 is 0 Å². The smallest absolute Gasteiger partial charge is 0.235 e. The second kappa shape index (κ2) is 7.92. The van der Waals surface area contributed by atoms with Crippen molar-refractivity contribution in [1.29, 1.82) is 0 Å². The Labute approximate surface area is 137 Å². The Bertz CT molecular complexity index is 699. The maximum Gasteiger partial charge on any atom is 0.235 e. The van der Waals surface area contributed by atoms with Crippen LogP contribution in [0.5, 0.6) is 5.75 Å². The Kier molecular flexibility index (Phi) is 5.92. The highest BCUT2D eigenvalue weighted by Gasteiger charge is 2.16. The average molecular weight is 336 g/mol. The Balaban J connectivity index is 1.90. The molecule has 23 heavy (non-hydrogen) atoms. The molecule has 1 atom stereocenters. The van der Waals surface area contributed by atoms with Crippen LogP contribution in [0, 0.1) is 6.92 Å². The molecule has 1 heterocycles. The molecule has 0 saturated heterocycles. The van der Waals surface area contributed by atoms with Crippen LogP contribution < -0.4 is 4.74 Å². The molecule has 6 nitrogen and oxygen atoms in total. The molecule has 0 bridgehead atoms. The van der Waals surface area contributed by atoms with Gasteiger partial charge in [0.2, 0.25) is 5.91 Å². The van der Waals surface area contributed by atoms with Crippen LogP contribution >= 0.6 is 0 Å². The monoisotopic (exact) mass is 336 g/mol. The number of para-hydroxylation sites is 1. The first-order valence-electron chi connectivity index (χ1n) is 7.12. The minimum absolute atomic E-state index is 0.0441. The molecular formula is C16H20N2O4S. The SMILES string of the molecule is COc1ccccc1CN(C)C(=O)C[S@](=O)Cc1cc(C)on1. The van der Waals surface area contributed by atoms with E-state index in [9.17, 15) is 9.00 Å². The molecule has 1 aromatic heterocycles. The summed E-state index contributed by atoms with van der Waals surface area (Å²) in [5, 5.41) is 3.79. The summed E-state index contributed by atoms with van der Waals surface area (Å²) in [6, 6.07) is 9.23. The number of rotatable bonds is 7. The minimum atomic E-state index is -1.32. The number of hydrogen-bond donors (Lipinski definition) is 0. The lowest BCUT2D eigenvalue weighted by Crippen LogP contribution is -2.30. The van der Waals surface area contributed by atoms with Crippen molar-refractivity contribution in [2.24, 2.45) is 0 Å². The number of carbonyl (C=O) groups excluding carboxylic acids is 1. The van der Waals surface area contributed by atoms with Crippen LogP contribution in [-0.4, -0.2) is 40.1 Å². The highest BCUT2D eigenvalue weighted by molar-refractivity contribution is 7.84. The number of benzene rings is 1. The molecule has 1 amide bonds. The van der Waals surface area contributed by atoms with E-state index in [4.69, 9.17) is 9.26 Å². The predicted molar refractivity (Wildman–Crippen MR) is 87.4 cm³/mol. The number of ether oxygens (including phenoxy) is 1. The number of hydrogen-bond acceptors (Lipinski definition) is 5. The van der Waals surface area contributed by atoms with Gasteiger partial charge in [0.1, 0.15) is 17.3 Å². The normalized spacial score (nSPS) is 12.0. The lowest BCUT2D eigenvalue weighted by molar-refractivity contribution is -0.127. The standard InChI is InChI=1S/C16H20N2O4S/c1-12-8-14(17-22-12)10-23(20)11-16(19)18(2)9-13-6-4-5-7-15(13)21-3/h4-8H,9-11H2,1-3H3/t23-/m1/s1. The van der Waals surface area contributed by atoms with Crippen molar-refractivity contribution in [3.63, 3.8) is 0 Å². The van der Waals surface area contributed by atoms with Gasteiger partial charge in [0, 0.05) is 36.0 Å². The molecule has 2 aromatic rings. The highest BCUT2D eigenvalue weighted by Crippen LogP contribution is 2.18. The van der Waals surface area contributed by atoms with Crippen molar-refractivity contribution in [2.75, 3.05) is 19.9 Å². The van der Waals surface area contributed by atoms with Gasteiger partial charge in [-0.05, 0) is 13.0 Å². The number of aryl methyl sites for hydroxylation is 1. The summed E-state index contributed by atoms with van der Waals surface area (Å²) in [6.07, 6.45) is 0. The largest absolute Gasteiger partial charge is 0.496 e. The van der Waals surface area contributed by atoms with E-state index in [0.717, 1.165) is 11.3 Å². The zero-order valence-electron chi connectivity index (χ0n) is 13.4. The van der Waals surface area contributed by atoms with Gasteiger partial charge in [-0.3, -0.25) is 9.00 Å². The molecule has 0 saturated carbocycles. The van der Waals surface area contributed by atoms with Gasteiger partial charge in [-0.1, -0.05) is 23.4 Å². The van der Waals surface area contributed by atoms with E-state index in [1.807, 2.05) is 24.3 Å². The molecule has 0 fully saturated rings. The third-order valence-corrected chi connectivity index (χ3v) is 4.48. The lowest BCUT2D eigenvalue weighted by Gasteiger charge is -2.18. The Morgan fingerprint density at radius 2 is 2.13 bits per heavy atom. The number of carbonyl (C=O) groups is 1. The van der Waals surface area contributed by atoms with Gasteiger partial charge in [0.15, 0.2) is 0 Å². The van der Waals surface area contributed by atoms with E-state index in [-0.39, 0.29) is 17.4 Å². The van der Waals surface area contributed by atoms with Crippen molar-refractivity contribution in [2.45, 2.75) is 19.2 Å². The fourth-order valence-corrected chi connectivity index (χ4v) is 3.19. The summed E-state index contributed by atoms with van der Waals surface area (Å²) in [6.45, 7) is 2.18. The van der Waals surface area contributed by atoms with E-state index in [1.165, 1.54) is 0 Å². The first-order chi connectivity index (χ1) is 11.0. The molecule has 124 valence electrons. The molecule has 0 aliphatic carbocycles. The molecule has 0 spiro atoms. The van der Waals surface area contributed by atoms with Crippen molar-refractivity contribution in [3.8, 4) is 5.75 Å². The molecule has 0 radical (unpaired) electrons. The fraction of sp³-hybridized carbons (Fsp3) is 0.375. The third kappa shape index (κ3) is 4.92. The van der Waals surface area contributed by atoms with E-state index in [1.54, 1.807) is 32.0 Å². The summed E-state index contributed by atoms with van der Waals surface area (Å²) in [4.78, 5) is 13.7. The molecule has 1 aromatic carbocycles. The van der Waals surface area contributed by atoms with Crippen LogP contribution in [0.2, 0.25) is 0 Å². The lowest BCUT2D eigenvalue weighted by atomic mass is 10.2. The average Bonchev–Trinajstić information content (AvgIpc) is 2.92. The number of aromatic nitrogens is 1. The van der Waals surface area contributed by atoms with Crippen molar-refractivity contribution < 1.29 is 18.3 Å². The molecule has 0 N–H and O–H groups in total. The van der Waals surface area contributed by atoms with E-state index in [0.29, 0.717) is 18.0 Å². The van der Waals surface area contributed by atoms with Crippen LogP contribution in [0.25, 0.3) is 0 Å². The number of amides is 1. The predicted octanol–water partition coefficient (Wildman–Crippen LogP) is 1.90. The van der Waals surface area contributed by atoms with E-state index in [2.05, 4.69) is 5.16 Å². The van der Waals surface area contributed by atoms with E-state index < -0.39 is 10.8 Å². The summed E-state index contributed by atoms with van der Waals surface area (Å²) in [5.41, 5.74) is 1.50. The Morgan fingerprint density at radius 1 is 1.39 bits per heavy atom. The summed E-state index contributed by atoms with van der Waals surface area (Å²) >= 11 is 0. The maximum atomic E-state index is 12.2. The molecule has 0 aliphatic rings. The number of nitrogens with zero attached hydrogens (tertiary/aromatic N) is 2. The minimum Gasteiger partial charge on any atom is -0.496 e. The Morgan fingerprint density at radius 3 is 2.78 bits per heavy atom.